The third-order valence-corrected chi connectivity index (χ3v) is 2.57. The van der Waals surface area contributed by atoms with E-state index < -0.39 is 23.5 Å². The van der Waals surface area contributed by atoms with Gasteiger partial charge in [-0.2, -0.15) is 5.10 Å². The molecular formula is C12H20N4O3. The molecule has 0 fully saturated rings. The van der Waals surface area contributed by atoms with Crippen molar-refractivity contribution in [3.63, 3.8) is 0 Å². The summed E-state index contributed by atoms with van der Waals surface area (Å²) in [5, 5.41) is 18.1. The lowest BCUT2D eigenvalue weighted by atomic mass is 9.87. The predicted molar refractivity (Wildman–Crippen MR) is 69.6 cm³/mol. The minimum Gasteiger partial charge on any atom is -0.480 e. The molecule has 0 aliphatic heterocycles. The molecule has 0 unspecified atom stereocenters. The van der Waals surface area contributed by atoms with Crippen molar-refractivity contribution >= 4 is 12.0 Å². The van der Waals surface area contributed by atoms with Crippen LogP contribution in [-0.4, -0.2) is 39.5 Å². The number of amides is 2. The number of aromatic nitrogens is 2. The summed E-state index contributed by atoms with van der Waals surface area (Å²) in [5.41, 5.74) is -0.550. The number of rotatable bonds is 5. The number of nitrogens with one attached hydrogen (secondary N) is 2. The highest BCUT2D eigenvalue weighted by Crippen LogP contribution is 2.19. The molecule has 1 aromatic rings. The SMILES string of the molecule is CC(C)(C)[C@H](NC(=O)NCCn1cccn1)C(=O)O. The van der Waals surface area contributed by atoms with Crippen LogP contribution >= 0.6 is 0 Å². The number of carbonyl (C=O) groups is 2. The van der Waals surface area contributed by atoms with Crippen LogP contribution in [0.2, 0.25) is 0 Å². The molecule has 106 valence electrons. The minimum absolute atomic E-state index is 0.379. The van der Waals surface area contributed by atoms with Crippen LogP contribution in [0.5, 0.6) is 0 Å². The maximum Gasteiger partial charge on any atom is 0.326 e. The van der Waals surface area contributed by atoms with Gasteiger partial charge in [-0.25, -0.2) is 9.59 Å². The zero-order valence-corrected chi connectivity index (χ0v) is 11.4. The summed E-state index contributed by atoms with van der Waals surface area (Å²) in [5.74, 6) is -1.05. The van der Waals surface area contributed by atoms with Crippen LogP contribution in [0.3, 0.4) is 0 Å². The van der Waals surface area contributed by atoms with Gasteiger partial charge in [-0.05, 0) is 11.5 Å². The van der Waals surface area contributed by atoms with Crippen molar-refractivity contribution in [2.45, 2.75) is 33.4 Å². The molecule has 0 aliphatic carbocycles. The van der Waals surface area contributed by atoms with Gasteiger partial charge in [-0.3, -0.25) is 4.68 Å². The fourth-order valence-corrected chi connectivity index (χ4v) is 1.55. The van der Waals surface area contributed by atoms with E-state index >= 15 is 0 Å². The Hall–Kier alpha value is -2.05. The highest BCUT2D eigenvalue weighted by Gasteiger charge is 2.32. The highest BCUT2D eigenvalue weighted by molar-refractivity contribution is 5.83. The third-order valence-electron chi connectivity index (χ3n) is 2.57. The normalized spacial score (nSPS) is 12.8. The molecule has 0 aromatic carbocycles. The second-order valence-electron chi connectivity index (χ2n) is 5.31. The molecule has 19 heavy (non-hydrogen) atoms. The molecule has 7 nitrogen and oxygen atoms in total. The summed E-state index contributed by atoms with van der Waals surface area (Å²) < 4.78 is 1.68. The Balaban J connectivity index is 2.39. The van der Waals surface area contributed by atoms with E-state index in [1.807, 2.05) is 0 Å². The second kappa shape index (κ2) is 6.21. The number of hydrogen-bond acceptors (Lipinski definition) is 3. The maximum absolute atomic E-state index is 11.6. The second-order valence-corrected chi connectivity index (χ2v) is 5.31. The van der Waals surface area contributed by atoms with Gasteiger partial charge in [0.05, 0.1) is 6.54 Å². The Labute approximate surface area is 112 Å². The van der Waals surface area contributed by atoms with E-state index in [4.69, 9.17) is 5.11 Å². The molecule has 0 bridgehead atoms. The van der Waals surface area contributed by atoms with Crippen molar-refractivity contribution in [2.24, 2.45) is 5.41 Å². The van der Waals surface area contributed by atoms with Gasteiger partial charge < -0.3 is 15.7 Å². The zero-order chi connectivity index (χ0) is 14.5. The van der Waals surface area contributed by atoms with Crippen molar-refractivity contribution in [1.29, 1.82) is 0 Å². The molecule has 1 aromatic heterocycles. The lowest BCUT2D eigenvalue weighted by Gasteiger charge is -2.27. The summed E-state index contributed by atoms with van der Waals surface area (Å²) in [4.78, 5) is 22.7. The number of urea groups is 1. The fourth-order valence-electron chi connectivity index (χ4n) is 1.55. The number of hydrogen-bond donors (Lipinski definition) is 3. The van der Waals surface area contributed by atoms with Crippen molar-refractivity contribution in [3.05, 3.63) is 18.5 Å². The van der Waals surface area contributed by atoms with Crippen molar-refractivity contribution in [3.8, 4) is 0 Å². The molecule has 1 heterocycles. The lowest BCUT2D eigenvalue weighted by molar-refractivity contribution is -0.141. The molecule has 0 aliphatic rings. The first-order valence-electron chi connectivity index (χ1n) is 6.05. The van der Waals surface area contributed by atoms with Crippen LogP contribution in [0, 0.1) is 5.41 Å². The summed E-state index contributed by atoms with van der Waals surface area (Å²) in [7, 11) is 0. The van der Waals surface area contributed by atoms with Crippen LogP contribution in [0.1, 0.15) is 20.8 Å². The number of aliphatic carboxylic acids is 1. The van der Waals surface area contributed by atoms with E-state index in [1.54, 1.807) is 43.9 Å². The standard InChI is InChI=1S/C12H20N4O3/c1-12(2,3)9(10(17)18)15-11(19)13-6-8-16-7-4-5-14-16/h4-5,7,9H,6,8H2,1-3H3,(H,17,18)(H2,13,15,19)/t9-/m1/s1. The highest BCUT2D eigenvalue weighted by atomic mass is 16.4. The topological polar surface area (TPSA) is 96.3 Å². The van der Waals surface area contributed by atoms with Gasteiger partial charge in [0.2, 0.25) is 0 Å². The molecular weight excluding hydrogens is 248 g/mol. The van der Waals surface area contributed by atoms with Gasteiger partial charge in [0.1, 0.15) is 6.04 Å². The molecule has 2 amide bonds. The summed E-state index contributed by atoms with van der Waals surface area (Å²) in [6.45, 7) is 6.19. The summed E-state index contributed by atoms with van der Waals surface area (Å²) in [6, 6.07) is 0.367. The molecule has 1 rings (SSSR count). The first kappa shape index (κ1) is 15.0. The van der Waals surface area contributed by atoms with E-state index in [-0.39, 0.29) is 0 Å². The van der Waals surface area contributed by atoms with Gasteiger partial charge >= 0.3 is 12.0 Å². The quantitative estimate of drug-likeness (QED) is 0.731. The van der Waals surface area contributed by atoms with Crippen LogP contribution in [0.15, 0.2) is 18.5 Å². The van der Waals surface area contributed by atoms with Gasteiger partial charge in [0, 0.05) is 18.9 Å². The molecule has 0 saturated carbocycles. The van der Waals surface area contributed by atoms with Gasteiger partial charge in [-0.1, -0.05) is 20.8 Å². The molecule has 3 N–H and O–H groups in total. The number of nitrogens with zero attached hydrogens (tertiary/aromatic N) is 2. The predicted octanol–water partition coefficient (Wildman–Crippen LogP) is 0.682. The van der Waals surface area contributed by atoms with Gasteiger partial charge in [-0.15, -0.1) is 0 Å². The smallest absolute Gasteiger partial charge is 0.326 e. The largest absolute Gasteiger partial charge is 0.480 e. The summed E-state index contributed by atoms with van der Waals surface area (Å²) in [6.07, 6.45) is 3.44. The van der Waals surface area contributed by atoms with Crippen LogP contribution < -0.4 is 10.6 Å². The maximum atomic E-state index is 11.6. The molecule has 0 spiro atoms. The van der Waals surface area contributed by atoms with Crippen molar-refractivity contribution in [2.75, 3.05) is 6.54 Å². The number of carbonyl (C=O) groups excluding carboxylic acids is 1. The first-order valence-corrected chi connectivity index (χ1v) is 6.05. The van der Waals surface area contributed by atoms with Gasteiger partial charge in [0.25, 0.3) is 0 Å². The zero-order valence-electron chi connectivity index (χ0n) is 11.4. The van der Waals surface area contributed by atoms with E-state index in [2.05, 4.69) is 15.7 Å². The lowest BCUT2D eigenvalue weighted by Crippen LogP contribution is -2.52. The monoisotopic (exact) mass is 268 g/mol. The Morgan fingerprint density at radius 2 is 2.11 bits per heavy atom. The molecule has 0 saturated heterocycles. The van der Waals surface area contributed by atoms with E-state index in [1.165, 1.54) is 0 Å². The van der Waals surface area contributed by atoms with Crippen LogP contribution in [-0.2, 0) is 11.3 Å². The van der Waals surface area contributed by atoms with Crippen molar-refractivity contribution in [1.82, 2.24) is 20.4 Å². The number of carboxylic acid groups (broad SMARTS) is 1. The summed E-state index contributed by atoms with van der Waals surface area (Å²) >= 11 is 0. The number of carboxylic acids is 1. The minimum atomic E-state index is -1.05. The first-order chi connectivity index (χ1) is 8.80. The van der Waals surface area contributed by atoms with Crippen molar-refractivity contribution < 1.29 is 14.7 Å². The van der Waals surface area contributed by atoms with E-state index in [0.717, 1.165) is 0 Å². The average Bonchev–Trinajstić information content (AvgIpc) is 2.77. The Kier molecular flexibility index (Phi) is 4.91. The third kappa shape index (κ3) is 4.99. The fraction of sp³-hybridized carbons (Fsp3) is 0.583. The van der Waals surface area contributed by atoms with Crippen LogP contribution in [0.25, 0.3) is 0 Å². The average molecular weight is 268 g/mol. The molecule has 1 atom stereocenters. The Morgan fingerprint density at radius 1 is 1.42 bits per heavy atom. The van der Waals surface area contributed by atoms with E-state index in [0.29, 0.717) is 13.1 Å². The Morgan fingerprint density at radius 3 is 2.58 bits per heavy atom. The van der Waals surface area contributed by atoms with Crippen LogP contribution in [0.4, 0.5) is 4.79 Å². The Bertz CT molecular complexity index is 423. The van der Waals surface area contributed by atoms with Gasteiger partial charge in [0.15, 0.2) is 0 Å². The van der Waals surface area contributed by atoms with E-state index in [9.17, 15) is 9.59 Å². The molecule has 7 heteroatoms. The molecule has 0 radical (unpaired) electrons.